The average molecular weight is 424 g/mol. The molecule has 0 saturated carbocycles. The number of cyclic esters (lactones) is 1. The number of aliphatic hydroxyl groups excluding tert-OH is 1. The molecule has 1 saturated heterocycles. The van der Waals surface area contributed by atoms with Gasteiger partial charge < -0.3 is 19.9 Å². The zero-order valence-corrected chi connectivity index (χ0v) is 17.9. The molecule has 0 radical (unpaired) electrons. The first kappa shape index (κ1) is 22.6. The smallest absolute Gasteiger partial charge is 0.407 e. The zero-order valence-electron chi connectivity index (χ0n) is 17.9. The van der Waals surface area contributed by atoms with Crippen LogP contribution >= 0.6 is 0 Å². The van der Waals surface area contributed by atoms with Gasteiger partial charge in [0.25, 0.3) is 0 Å². The molecule has 3 rings (SSSR count). The van der Waals surface area contributed by atoms with Gasteiger partial charge in [-0.15, -0.1) is 0 Å². The van der Waals surface area contributed by atoms with Crippen LogP contribution in [-0.2, 0) is 20.7 Å². The molecule has 6 heteroatoms. The van der Waals surface area contributed by atoms with Gasteiger partial charge in [0.05, 0.1) is 19.3 Å². The first-order valence-corrected chi connectivity index (χ1v) is 10.4. The van der Waals surface area contributed by atoms with Crippen LogP contribution in [0.2, 0.25) is 0 Å². The predicted molar refractivity (Wildman–Crippen MR) is 118 cm³/mol. The molecule has 0 aliphatic carbocycles. The van der Waals surface area contributed by atoms with Crippen molar-refractivity contribution in [2.45, 2.75) is 44.4 Å². The summed E-state index contributed by atoms with van der Waals surface area (Å²) in [5.74, 6) is -0.538. The normalized spacial score (nSPS) is 24.4. The summed E-state index contributed by atoms with van der Waals surface area (Å²) in [6.45, 7) is 1.61. The highest BCUT2D eigenvalue weighted by Gasteiger charge is 2.53. The highest BCUT2D eigenvalue weighted by atomic mass is 16.6. The van der Waals surface area contributed by atoms with E-state index in [0.29, 0.717) is 12.8 Å². The minimum Gasteiger partial charge on any atom is -0.462 e. The fourth-order valence-electron chi connectivity index (χ4n) is 3.79. The van der Waals surface area contributed by atoms with Crippen molar-refractivity contribution in [1.29, 1.82) is 0 Å². The molecule has 1 amide bonds. The summed E-state index contributed by atoms with van der Waals surface area (Å²) >= 11 is 0. The van der Waals surface area contributed by atoms with Crippen LogP contribution in [0.25, 0.3) is 6.08 Å². The largest absolute Gasteiger partial charge is 0.462 e. The van der Waals surface area contributed by atoms with Crippen molar-refractivity contribution in [3.05, 3.63) is 77.9 Å². The Morgan fingerprint density at radius 2 is 1.87 bits per heavy atom. The van der Waals surface area contributed by atoms with E-state index in [-0.39, 0.29) is 6.10 Å². The summed E-state index contributed by atoms with van der Waals surface area (Å²) in [5.41, 5.74) is 0.711. The first-order valence-electron chi connectivity index (χ1n) is 10.4. The highest BCUT2D eigenvalue weighted by Crippen LogP contribution is 2.38. The molecule has 1 aliphatic rings. The molecule has 164 valence electrons. The summed E-state index contributed by atoms with van der Waals surface area (Å²) < 4.78 is 10.4. The number of hydrogen-bond donors (Lipinski definition) is 2. The van der Waals surface area contributed by atoms with Crippen molar-refractivity contribution in [2.24, 2.45) is 5.41 Å². The van der Waals surface area contributed by atoms with Crippen LogP contribution in [0.15, 0.2) is 66.7 Å². The van der Waals surface area contributed by atoms with Crippen LogP contribution < -0.4 is 5.32 Å². The lowest BCUT2D eigenvalue weighted by molar-refractivity contribution is -0.185. The van der Waals surface area contributed by atoms with E-state index in [1.165, 1.54) is 7.11 Å². The molecular weight excluding hydrogens is 394 g/mol. The van der Waals surface area contributed by atoms with Crippen molar-refractivity contribution >= 4 is 18.1 Å². The van der Waals surface area contributed by atoms with Crippen LogP contribution in [0.3, 0.4) is 0 Å². The first-order chi connectivity index (χ1) is 14.9. The van der Waals surface area contributed by atoms with E-state index in [1.807, 2.05) is 60.7 Å². The minimum absolute atomic E-state index is 0.299. The molecular formula is C25H29NO5. The second-order valence-corrected chi connectivity index (χ2v) is 7.97. The Kier molecular flexibility index (Phi) is 7.47. The lowest BCUT2D eigenvalue weighted by Crippen LogP contribution is -2.60. The molecule has 0 bridgehead atoms. The number of aliphatic hydroxyl groups is 1. The third kappa shape index (κ3) is 5.52. The van der Waals surface area contributed by atoms with Crippen LogP contribution in [-0.4, -0.2) is 42.5 Å². The molecule has 6 nitrogen and oxygen atoms in total. The summed E-state index contributed by atoms with van der Waals surface area (Å²) in [6, 6.07) is 18.6. The second-order valence-electron chi connectivity index (χ2n) is 7.97. The molecule has 2 aromatic carbocycles. The van der Waals surface area contributed by atoms with Gasteiger partial charge in [0.1, 0.15) is 11.5 Å². The molecule has 1 fully saturated rings. The van der Waals surface area contributed by atoms with Crippen molar-refractivity contribution in [1.82, 2.24) is 5.32 Å². The van der Waals surface area contributed by atoms with Gasteiger partial charge in [0.2, 0.25) is 0 Å². The Labute approximate surface area is 182 Å². The maximum atomic E-state index is 13.1. The third-order valence-electron chi connectivity index (χ3n) is 5.88. The topological polar surface area (TPSA) is 84.9 Å². The molecule has 0 unspecified atom stereocenters. The van der Waals surface area contributed by atoms with Crippen LogP contribution in [0.1, 0.15) is 30.9 Å². The second kappa shape index (κ2) is 10.3. The number of rotatable bonds is 7. The van der Waals surface area contributed by atoms with E-state index in [1.54, 1.807) is 19.1 Å². The van der Waals surface area contributed by atoms with E-state index < -0.39 is 29.6 Å². The quantitative estimate of drug-likeness (QED) is 0.663. The van der Waals surface area contributed by atoms with Crippen molar-refractivity contribution < 1.29 is 24.2 Å². The summed E-state index contributed by atoms with van der Waals surface area (Å²) in [4.78, 5) is 25.0. The standard InChI is InChI=1S/C25H29NO5/c1-25(21(26-24(29)30-2)16-14-19-11-7-4-8-12-19)22(27)17-20(31-23(25)28)15-13-18-9-5-3-6-10-18/h3-12,14,16,20-22,27H,13,15,17H2,1-2H3,(H,26,29)/b16-14+/t20-,21+,22-,25+/m1/s1. The third-order valence-corrected chi connectivity index (χ3v) is 5.88. The minimum atomic E-state index is -1.34. The van der Waals surface area contributed by atoms with Crippen LogP contribution in [0.4, 0.5) is 4.79 Å². The Balaban J connectivity index is 1.75. The fraction of sp³-hybridized carbons (Fsp3) is 0.360. The van der Waals surface area contributed by atoms with Gasteiger partial charge >= 0.3 is 12.1 Å². The number of alkyl carbamates (subject to hydrolysis) is 1. The van der Waals surface area contributed by atoms with Gasteiger partial charge in [-0.2, -0.15) is 0 Å². The van der Waals surface area contributed by atoms with Gasteiger partial charge in [0.15, 0.2) is 0 Å². The Morgan fingerprint density at radius 1 is 1.23 bits per heavy atom. The zero-order chi connectivity index (χ0) is 22.3. The van der Waals surface area contributed by atoms with E-state index in [0.717, 1.165) is 17.5 Å². The Hall–Kier alpha value is -3.12. The van der Waals surface area contributed by atoms with Gasteiger partial charge in [-0.05, 0) is 30.9 Å². The number of aryl methyl sites for hydroxylation is 1. The average Bonchev–Trinajstić information content (AvgIpc) is 2.79. The van der Waals surface area contributed by atoms with Crippen LogP contribution in [0, 0.1) is 5.41 Å². The van der Waals surface area contributed by atoms with E-state index >= 15 is 0 Å². The molecule has 2 N–H and O–H groups in total. The number of amides is 1. The van der Waals surface area contributed by atoms with Gasteiger partial charge in [-0.3, -0.25) is 4.79 Å². The molecule has 1 heterocycles. The Morgan fingerprint density at radius 3 is 2.48 bits per heavy atom. The molecule has 1 aliphatic heterocycles. The SMILES string of the molecule is COC(=O)N[C@@H](/C=C/c1ccccc1)[C@]1(C)C(=O)O[C@H](CCc2ccccc2)C[C@H]1O. The Bertz CT molecular complexity index is 899. The van der Waals surface area contributed by atoms with E-state index in [9.17, 15) is 14.7 Å². The molecule has 0 aromatic heterocycles. The number of benzene rings is 2. The number of methoxy groups -OCH3 is 1. The molecule has 31 heavy (non-hydrogen) atoms. The summed E-state index contributed by atoms with van der Waals surface area (Å²) in [7, 11) is 1.25. The summed E-state index contributed by atoms with van der Waals surface area (Å²) in [5, 5.41) is 13.7. The van der Waals surface area contributed by atoms with Gasteiger partial charge in [0, 0.05) is 6.42 Å². The lowest BCUT2D eigenvalue weighted by Gasteiger charge is -2.43. The van der Waals surface area contributed by atoms with Crippen molar-refractivity contribution in [2.75, 3.05) is 7.11 Å². The number of carbonyl (C=O) groups is 2. The molecule has 2 aromatic rings. The highest BCUT2D eigenvalue weighted by molar-refractivity contribution is 5.81. The van der Waals surface area contributed by atoms with Crippen molar-refractivity contribution in [3.8, 4) is 0 Å². The molecule has 0 spiro atoms. The van der Waals surface area contributed by atoms with Gasteiger partial charge in [-0.1, -0.05) is 72.8 Å². The van der Waals surface area contributed by atoms with Crippen molar-refractivity contribution in [3.63, 3.8) is 0 Å². The number of ether oxygens (including phenoxy) is 2. The number of esters is 1. The summed E-state index contributed by atoms with van der Waals surface area (Å²) in [6.07, 6.45) is 3.11. The lowest BCUT2D eigenvalue weighted by atomic mass is 9.72. The monoisotopic (exact) mass is 423 g/mol. The predicted octanol–water partition coefficient (Wildman–Crippen LogP) is 3.74. The molecule has 4 atom stereocenters. The number of nitrogens with one attached hydrogen (secondary N) is 1. The van der Waals surface area contributed by atoms with E-state index in [4.69, 9.17) is 9.47 Å². The maximum absolute atomic E-state index is 13.1. The van der Waals surface area contributed by atoms with Gasteiger partial charge in [-0.25, -0.2) is 4.79 Å². The van der Waals surface area contributed by atoms with E-state index in [2.05, 4.69) is 5.32 Å². The maximum Gasteiger partial charge on any atom is 0.407 e. The number of carbonyl (C=O) groups excluding carboxylic acids is 2. The van der Waals surface area contributed by atoms with Crippen LogP contribution in [0.5, 0.6) is 0 Å². The fourth-order valence-corrected chi connectivity index (χ4v) is 3.79. The number of hydrogen-bond acceptors (Lipinski definition) is 5.